The van der Waals surface area contributed by atoms with Crippen LogP contribution < -0.4 is 16.8 Å². The van der Waals surface area contributed by atoms with Gasteiger partial charge in [0.15, 0.2) is 17.3 Å². The van der Waals surface area contributed by atoms with Crippen LogP contribution in [0.4, 0.5) is 0 Å². The van der Waals surface area contributed by atoms with Gasteiger partial charge in [0.2, 0.25) is 12.2 Å². The summed E-state index contributed by atoms with van der Waals surface area (Å²) in [5.74, 6) is -0.928. The van der Waals surface area contributed by atoms with Crippen molar-refractivity contribution in [1.29, 1.82) is 5.41 Å². The molecule has 1 heterocycles. The van der Waals surface area contributed by atoms with Crippen molar-refractivity contribution in [2.24, 2.45) is 11.5 Å². The van der Waals surface area contributed by atoms with Gasteiger partial charge < -0.3 is 21.7 Å². The van der Waals surface area contributed by atoms with Crippen molar-refractivity contribution in [1.82, 2.24) is 10.2 Å². The van der Waals surface area contributed by atoms with E-state index >= 15 is 0 Å². The average Bonchev–Trinajstić information content (AvgIpc) is 2.87. The Morgan fingerprint density at radius 3 is 2.71 bits per heavy atom. The van der Waals surface area contributed by atoms with Gasteiger partial charge in [-0.15, -0.1) is 0 Å². The van der Waals surface area contributed by atoms with Crippen LogP contribution in [0.3, 0.4) is 0 Å². The number of amides is 1. The van der Waals surface area contributed by atoms with Gasteiger partial charge in [0, 0.05) is 13.1 Å². The molecule has 0 aromatic heterocycles. The number of likely N-dealkylation sites (tertiary alicyclic amines) is 1. The van der Waals surface area contributed by atoms with Gasteiger partial charge in [-0.2, -0.15) is 0 Å². The number of Topliss-reactive ketones (excluding diaryl/α,β-unsaturated/α-hetero) is 1. The first-order valence-electron chi connectivity index (χ1n) is 6.90. The van der Waals surface area contributed by atoms with E-state index in [-0.39, 0.29) is 11.7 Å². The van der Waals surface area contributed by atoms with Crippen LogP contribution in [0, 0.1) is 5.41 Å². The lowest BCUT2D eigenvalue weighted by Crippen LogP contribution is -2.57. The first kappa shape index (κ1) is 17.1. The van der Waals surface area contributed by atoms with E-state index < -0.39 is 17.5 Å². The number of rotatable bonds is 7. The molecular weight excluding hydrogens is 274 g/mol. The number of carbonyl (C=O) groups excluding carboxylic acids is 3. The zero-order valence-electron chi connectivity index (χ0n) is 12.1. The molecule has 21 heavy (non-hydrogen) atoms. The van der Waals surface area contributed by atoms with Crippen LogP contribution in [-0.4, -0.2) is 53.5 Å². The maximum atomic E-state index is 12.3. The molecule has 0 aliphatic carbocycles. The van der Waals surface area contributed by atoms with Crippen LogP contribution in [0.1, 0.15) is 32.6 Å². The fraction of sp³-hybridized carbons (Fsp3) is 0.692. The minimum absolute atomic E-state index is 0.138. The Bertz CT molecular complexity index is 440. The third kappa shape index (κ3) is 3.78. The molecule has 1 aliphatic rings. The number of carbonyl (C=O) groups is 2. The summed E-state index contributed by atoms with van der Waals surface area (Å²) in [4.78, 5) is 36.5. The smallest absolute Gasteiger partial charge is 0.240 e. The minimum Gasteiger partial charge on any atom is -0.370 e. The molecule has 2 atom stereocenters. The van der Waals surface area contributed by atoms with Crippen molar-refractivity contribution in [2.75, 3.05) is 13.1 Å². The number of hydrogen-bond acceptors (Lipinski definition) is 5. The molecule has 1 aliphatic heterocycles. The zero-order chi connectivity index (χ0) is 16.0. The van der Waals surface area contributed by atoms with Crippen molar-refractivity contribution in [3.8, 4) is 0 Å². The van der Waals surface area contributed by atoms with Crippen molar-refractivity contribution in [3.63, 3.8) is 0 Å². The highest BCUT2D eigenvalue weighted by Crippen LogP contribution is 2.29. The Morgan fingerprint density at radius 2 is 2.19 bits per heavy atom. The zero-order valence-corrected chi connectivity index (χ0v) is 12.1. The average molecular weight is 296 g/mol. The van der Waals surface area contributed by atoms with Crippen LogP contribution >= 0.6 is 0 Å². The van der Waals surface area contributed by atoms with Crippen molar-refractivity contribution >= 4 is 23.9 Å². The van der Waals surface area contributed by atoms with Gasteiger partial charge in [0.25, 0.3) is 0 Å². The van der Waals surface area contributed by atoms with E-state index in [2.05, 4.69) is 5.32 Å². The van der Waals surface area contributed by atoms with E-state index in [4.69, 9.17) is 16.9 Å². The number of nitrogens with zero attached hydrogens (tertiary/aromatic N) is 1. The van der Waals surface area contributed by atoms with Gasteiger partial charge in [-0.05, 0) is 32.6 Å². The summed E-state index contributed by atoms with van der Waals surface area (Å²) in [5, 5.41) is 9.62. The highest BCUT2D eigenvalue weighted by Gasteiger charge is 2.49. The first-order chi connectivity index (χ1) is 9.85. The Hall–Kier alpha value is -1.96. The van der Waals surface area contributed by atoms with Crippen LogP contribution in [0.5, 0.6) is 0 Å². The van der Waals surface area contributed by atoms with E-state index in [0.717, 1.165) is 0 Å². The van der Waals surface area contributed by atoms with Crippen molar-refractivity contribution in [2.45, 2.75) is 44.2 Å². The van der Waals surface area contributed by atoms with Crippen LogP contribution in [-0.2, 0) is 14.4 Å². The van der Waals surface area contributed by atoms with Gasteiger partial charge in [-0.1, -0.05) is 0 Å². The molecule has 8 heteroatoms. The third-order valence-electron chi connectivity index (χ3n) is 3.72. The molecule has 117 valence electrons. The van der Waals surface area contributed by atoms with Crippen LogP contribution in [0.15, 0.2) is 0 Å². The van der Waals surface area contributed by atoms with Crippen molar-refractivity contribution in [3.05, 3.63) is 0 Å². The summed E-state index contributed by atoms with van der Waals surface area (Å²) in [5.41, 5.74) is 9.52. The summed E-state index contributed by atoms with van der Waals surface area (Å²) >= 11 is 0. The topological polar surface area (TPSA) is 142 Å². The Kier molecular flexibility index (Phi) is 5.83. The Morgan fingerprint density at radius 1 is 1.52 bits per heavy atom. The van der Waals surface area contributed by atoms with Gasteiger partial charge in [-0.25, -0.2) is 0 Å². The quantitative estimate of drug-likeness (QED) is 0.198. The normalized spacial score (nSPS) is 22.7. The molecular formula is C13H22N5O3. The first-order valence-corrected chi connectivity index (χ1v) is 6.90. The number of guanidine groups is 1. The lowest BCUT2D eigenvalue weighted by atomic mass is 9.92. The lowest BCUT2D eigenvalue weighted by Gasteiger charge is -2.32. The van der Waals surface area contributed by atoms with Gasteiger partial charge in [0.05, 0.1) is 6.04 Å². The largest absolute Gasteiger partial charge is 0.370 e. The van der Waals surface area contributed by atoms with Gasteiger partial charge in [-0.3, -0.25) is 19.8 Å². The van der Waals surface area contributed by atoms with Crippen LogP contribution in [0.25, 0.3) is 0 Å². The van der Waals surface area contributed by atoms with E-state index in [0.29, 0.717) is 38.8 Å². The van der Waals surface area contributed by atoms with Crippen molar-refractivity contribution < 1.29 is 14.4 Å². The SMILES string of the molecule is CC(=O)[C@@]1([C]=O)CCCN1C(=O)[C@@H](N)CCCNC(=N)N. The summed E-state index contributed by atoms with van der Waals surface area (Å²) < 4.78 is 0. The molecule has 1 radical (unpaired) electrons. The molecule has 8 nitrogen and oxygen atoms in total. The summed E-state index contributed by atoms with van der Waals surface area (Å²) in [6, 6.07) is -0.788. The second kappa shape index (κ2) is 7.16. The van der Waals surface area contributed by atoms with E-state index in [1.807, 2.05) is 0 Å². The molecule has 6 N–H and O–H groups in total. The van der Waals surface area contributed by atoms with E-state index in [1.165, 1.54) is 11.8 Å². The standard InChI is InChI=1S/C13H22N5O3/c1-9(20)13(8-19)5-3-7-18(13)11(21)10(14)4-2-6-17-12(15)16/h10H,2-7,14H2,1H3,(H4,15,16,17)/t10-,13-/m0/s1. The fourth-order valence-corrected chi connectivity index (χ4v) is 2.53. The number of nitrogens with one attached hydrogen (secondary N) is 2. The van der Waals surface area contributed by atoms with Gasteiger partial charge >= 0.3 is 0 Å². The molecule has 0 unspecified atom stereocenters. The summed E-state index contributed by atoms with van der Waals surface area (Å²) in [6.07, 6.45) is 3.55. The van der Waals surface area contributed by atoms with Crippen LogP contribution in [0.2, 0.25) is 0 Å². The minimum atomic E-state index is -1.47. The second-order valence-electron chi connectivity index (χ2n) is 5.20. The second-order valence-corrected chi connectivity index (χ2v) is 5.20. The number of nitrogens with two attached hydrogens (primary N) is 2. The molecule has 0 bridgehead atoms. The van der Waals surface area contributed by atoms with Gasteiger partial charge in [0.1, 0.15) is 0 Å². The highest BCUT2D eigenvalue weighted by molar-refractivity contribution is 6.06. The molecule has 0 aromatic carbocycles. The Balaban J connectivity index is 2.62. The molecule has 0 spiro atoms. The lowest BCUT2D eigenvalue weighted by molar-refractivity contribution is -0.140. The Labute approximate surface area is 123 Å². The molecule has 1 saturated heterocycles. The highest BCUT2D eigenvalue weighted by atomic mass is 16.2. The molecule has 1 fully saturated rings. The molecule has 1 rings (SSSR count). The summed E-state index contributed by atoms with van der Waals surface area (Å²) in [6.45, 7) is 2.07. The molecule has 1 amide bonds. The van der Waals surface area contributed by atoms with E-state index in [1.54, 1.807) is 6.29 Å². The van der Waals surface area contributed by atoms with E-state index in [9.17, 15) is 14.4 Å². The maximum absolute atomic E-state index is 12.3. The predicted octanol–water partition coefficient (Wildman–Crippen LogP) is -1.36. The molecule has 0 aromatic rings. The number of hydrogen-bond donors (Lipinski definition) is 4. The third-order valence-corrected chi connectivity index (χ3v) is 3.72. The maximum Gasteiger partial charge on any atom is 0.240 e. The fourth-order valence-electron chi connectivity index (χ4n) is 2.53. The predicted molar refractivity (Wildman–Crippen MR) is 77.2 cm³/mol. The molecule has 0 saturated carbocycles. The number of ketones is 1. The summed E-state index contributed by atoms with van der Waals surface area (Å²) in [7, 11) is 0. The monoisotopic (exact) mass is 296 g/mol.